The van der Waals surface area contributed by atoms with Crippen molar-refractivity contribution >= 4 is 17.4 Å². The number of aryl methyl sites for hydroxylation is 1. The number of amides is 1. The molecule has 0 atom stereocenters. The molecule has 0 spiro atoms. The highest BCUT2D eigenvalue weighted by Crippen LogP contribution is 2.42. The van der Waals surface area contributed by atoms with Crippen molar-refractivity contribution in [3.8, 4) is 17.2 Å². The van der Waals surface area contributed by atoms with Gasteiger partial charge in [0.05, 0.1) is 17.2 Å². The summed E-state index contributed by atoms with van der Waals surface area (Å²) < 4.78 is 71.3. The van der Waals surface area contributed by atoms with Crippen LogP contribution in [0.5, 0.6) is 0 Å². The molecule has 10 heteroatoms. The van der Waals surface area contributed by atoms with Crippen LogP contribution in [0.1, 0.15) is 52.0 Å². The van der Waals surface area contributed by atoms with Crippen molar-refractivity contribution in [1.82, 2.24) is 4.98 Å². The molecule has 0 unspecified atom stereocenters. The van der Waals surface area contributed by atoms with E-state index in [1.807, 2.05) is 19.1 Å². The van der Waals surface area contributed by atoms with E-state index in [1.165, 1.54) is 36.1 Å². The average molecular weight is 529 g/mol. The average Bonchev–Trinajstić information content (AvgIpc) is 3.03. The van der Waals surface area contributed by atoms with Crippen LogP contribution < -0.4 is 10.2 Å². The summed E-state index contributed by atoms with van der Waals surface area (Å²) in [4.78, 5) is 18.9. The number of hydrogen-bond acceptors (Lipinski definition) is 4. The molecule has 0 saturated carbocycles. The summed E-state index contributed by atoms with van der Waals surface area (Å²) in [6.45, 7) is 3.00. The molecule has 2 heterocycles. The van der Waals surface area contributed by atoms with Crippen LogP contribution in [0.15, 0.2) is 48.5 Å². The summed E-state index contributed by atoms with van der Waals surface area (Å²) in [5.74, 6) is -3.94. The van der Waals surface area contributed by atoms with Crippen LogP contribution in [0.4, 0.5) is 33.5 Å². The van der Waals surface area contributed by atoms with Crippen LogP contribution in [0.2, 0.25) is 0 Å². The van der Waals surface area contributed by atoms with Gasteiger partial charge in [-0.3, -0.25) is 4.79 Å². The zero-order chi connectivity index (χ0) is 27.7. The number of aromatic nitrogens is 1. The first-order valence-electron chi connectivity index (χ1n) is 12.0. The number of halogens is 5. The maximum Gasteiger partial charge on any atom is 0.434 e. The Morgan fingerprint density at radius 1 is 1.08 bits per heavy atom. The van der Waals surface area contributed by atoms with E-state index in [-0.39, 0.29) is 53.1 Å². The smallest absolute Gasteiger partial charge is 0.356 e. The number of carbonyl (C=O) groups is 1. The molecule has 1 aliphatic rings. The van der Waals surface area contributed by atoms with Crippen molar-refractivity contribution in [2.75, 3.05) is 23.3 Å². The number of pyridine rings is 1. The number of nitrogens with one attached hydrogen (secondary N) is 1. The van der Waals surface area contributed by atoms with Crippen LogP contribution >= 0.6 is 0 Å². The lowest BCUT2D eigenvalue weighted by atomic mass is 9.93. The van der Waals surface area contributed by atoms with Crippen molar-refractivity contribution < 1.29 is 26.7 Å². The lowest BCUT2D eigenvalue weighted by Crippen LogP contribution is -2.31. The molecule has 1 N–H and O–H groups in total. The Kier molecular flexibility index (Phi) is 7.40. The lowest BCUT2D eigenvalue weighted by Gasteiger charge is -2.28. The predicted octanol–water partition coefficient (Wildman–Crippen LogP) is 7.13. The number of alkyl halides is 5. The molecular formula is C28H25F5N4O. The second-order valence-electron chi connectivity index (χ2n) is 9.37. The van der Waals surface area contributed by atoms with E-state index < -0.39 is 36.5 Å². The number of nitrogens with zero attached hydrogens (tertiary/aromatic N) is 3. The predicted molar refractivity (Wildman–Crippen MR) is 134 cm³/mol. The minimum absolute atomic E-state index is 0.00759. The number of carbonyl (C=O) groups excluding carboxylic acids is 1. The summed E-state index contributed by atoms with van der Waals surface area (Å²) in [5.41, 5.74) is 0.0311. The molecule has 1 aliphatic heterocycles. The van der Waals surface area contributed by atoms with Crippen LogP contribution in [-0.2, 0) is 6.18 Å². The maximum absolute atomic E-state index is 14.4. The Morgan fingerprint density at radius 3 is 2.42 bits per heavy atom. The van der Waals surface area contributed by atoms with Gasteiger partial charge in [0.2, 0.25) is 5.92 Å². The van der Waals surface area contributed by atoms with E-state index in [1.54, 1.807) is 18.2 Å². The largest absolute Gasteiger partial charge is 0.434 e. The highest BCUT2D eigenvalue weighted by molar-refractivity contribution is 6.10. The minimum atomic E-state index is -4.90. The van der Waals surface area contributed by atoms with Crippen LogP contribution in [0.25, 0.3) is 11.1 Å². The number of rotatable bonds is 4. The first-order valence-corrected chi connectivity index (χ1v) is 12.0. The zero-order valence-corrected chi connectivity index (χ0v) is 20.8. The van der Waals surface area contributed by atoms with Gasteiger partial charge < -0.3 is 10.2 Å². The Hall–Kier alpha value is -4.00. The summed E-state index contributed by atoms with van der Waals surface area (Å²) in [7, 11) is 0. The molecule has 0 aliphatic carbocycles. The molecule has 1 saturated heterocycles. The second-order valence-corrected chi connectivity index (χ2v) is 9.37. The van der Waals surface area contributed by atoms with E-state index in [0.717, 1.165) is 5.56 Å². The van der Waals surface area contributed by atoms with E-state index in [4.69, 9.17) is 5.26 Å². The topological polar surface area (TPSA) is 69.0 Å². The highest BCUT2D eigenvalue weighted by atomic mass is 19.4. The molecule has 0 radical (unpaired) electrons. The number of nitriles is 1. The highest BCUT2D eigenvalue weighted by Gasteiger charge is 2.40. The summed E-state index contributed by atoms with van der Waals surface area (Å²) in [6, 6.07) is 14.3. The van der Waals surface area contributed by atoms with Crippen molar-refractivity contribution in [3.63, 3.8) is 0 Å². The molecule has 0 bridgehead atoms. The minimum Gasteiger partial charge on any atom is -0.356 e. The monoisotopic (exact) mass is 528 g/mol. The molecule has 198 valence electrons. The van der Waals surface area contributed by atoms with Gasteiger partial charge in [-0.1, -0.05) is 24.3 Å². The fraction of sp³-hybridized carbons (Fsp3) is 0.321. The van der Waals surface area contributed by atoms with Gasteiger partial charge in [0, 0.05) is 37.2 Å². The SMILES string of the molecule is Cc1cccc(NC(=O)c2c(N3CCCC(F)(F)CC3)nc(C(F)(F)F)c(-c3ccc(C#N)cc3)c2C)c1. The van der Waals surface area contributed by atoms with Crippen molar-refractivity contribution in [2.45, 2.75) is 45.2 Å². The van der Waals surface area contributed by atoms with Gasteiger partial charge in [0.25, 0.3) is 5.91 Å². The van der Waals surface area contributed by atoms with Crippen molar-refractivity contribution in [3.05, 3.63) is 76.5 Å². The summed E-state index contributed by atoms with van der Waals surface area (Å²) in [6.07, 6.45) is -5.83. The van der Waals surface area contributed by atoms with Crippen molar-refractivity contribution in [1.29, 1.82) is 5.26 Å². The Bertz CT molecular complexity index is 1390. The molecule has 1 fully saturated rings. The normalized spacial score (nSPS) is 15.5. The molecule has 4 rings (SSSR count). The molecule has 1 amide bonds. The molecule has 38 heavy (non-hydrogen) atoms. The van der Waals surface area contributed by atoms with Gasteiger partial charge in [-0.05, 0) is 61.2 Å². The van der Waals surface area contributed by atoms with Crippen LogP contribution in [-0.4, -0.2) is 29.9 Å². The van der Waals surface area contributed by atoms with Gasteiger partial charge in [-0.15, -0.1) is 0 Å². The molecule has 1 aromatic heterocycles. The summed E-state index contributed by atoms with van der Waals surface area (Å²) in [5, 5.41) is 11.8. The molecule has 2 aromatic carbocycles. The first-order chi connectivity index (χ1) is 17.9. The van der Waals surface area contributed by atoms with Gasteiger partial charge in [0.15, 0.2) is 5.69 Å². The van der Waals surface area contributed by atoms with Gasteiger partial charge >= 0.3 is 6.18 Å². The second kappa shape index (κ2) is 10.4. The Morgan fingerprint density at radius 2 is 1.79 bits per heavy atom. The van der Waals surface area contributed by atoms with Gasteiger partial charge in [-0.2, -0.15) is 18.4 Å². The molecular weight excluding hydrogens is 503 g/mol. The quantitative estimate of drug-likeness (QED) is 0.366. The fourth-order valence-electron chi connectivity index (χ4n) is 4.65. The van der Waals surface area contributed by atoms with E-state index in [9.17, 15) is 26.7 Å². The van der Waals surface area contributed by atoms with E-state index in [2.05, 4.69) is 10.3 Å². The van der Waals surface area contributed by atoms with E-state index >= 15 is 0 Å². The third kappa shape index (κ3) is 5.77. The number of anilines is 2. The van der Waals surface area contributed by atoms with Crippen LogP contribution in [0, 0.1) is 25.2 Å². The Labute approximate surface area is 216 Å². The third-order valence-corrected chi connectivity index (χ3v) is 6.52. The van der Waals surface area contributed by atoms with Gasteiger partial charge in [0.1, 0.15) is 5.82 Å². The number of benzene rings is 2. The summed E-state index contributed by atoms with van der Waals surface area (Å²) >= 11 is 0. The Balaban J connectivity index is 1.94. The third-order valence-electron chi connectivity index (χ3n) is 6.52. The maximum atomic E-state index is 14.4. The number of hydrogen-bond donors (Lipinski definition) is 1. The molecule has 3 aromatic rings. The molecule has 5 nitrogen and oxygen atoms in total. The lowest BCUT2D eigenvalue weighted by molar-refractivity contribution is -0.140. The van der Waals surface area contributed by atoms with Crippen molar-refractivity contribution in [2.24, 2.45) is 0 Å². The van der Waals surface area contributed by atoms with Crippen LogP contribution in [0.3, 0.4) is 0 Å². The fourth-order valence-corrected chi connectivity index (χ4v) is 4.65. The van der Waals surface area contributed by atoms with E-state index in [0.29, 0.717) is 5.69 Å². The standard InChI is InChI=1S/C28H25F5N4O/c1-17-5-3-6-21(15-17)35-26(38)23-18(2)22(20-9-7-19(16-34)8-10-20)24(28(31,32)33)36-25(23)37-13-4-11-27(29,30)12-14-37/h3,5-10,15H,4,11-14H2,1-2H3,(H,35,38). The first kappa shape index (κ1) is 27.0. The zero-order valence-electron chi connectivity index (χ0n) is 20.8. The van der Waals surface area contributed by atoms with Gasteiger partial charge in [-0.25, -0.2) is 13.8 Å².